The number of nitrogens with zero attached hydrogens (tertiary/aromatic N) is 3. The van der Waals surface area contributed by atoms with Crippen LogP contribution in [0.1, 0.15) is 0 Å². The first-order valence-corrected chi connectivity index (χ1v) is 9.00. The second kappa shape index (κ2) is 7.23. The summed E-state index contributed by atoms with van der Waals surface area (Å²) in [6, 6.07) is 9.11. The van der Waals surface area contributed by atoms with Gasteiger partial charge in [0.15, 0.2) is 5.82 Å². The molecule has 0 amide bonds. The molecule has 3 aromatic rings. The van der Waals surface area contributed by atoms with Crippen molar-refractivity contribution in [1.82, 2.24) is 15.3 Å². The van der Waals surface area contributed by atoms with E-state index in [2.05, 4.69) is 25.5 Å². The highest BCUT2D eigenvalue weighted by molar-refractivity contribution is 6.42. The molecule has 134 valence electrons. The SMILES string of the molecule is Fc1c(Nc2ncnc3ccc(N4CCNCC4)cc23)ccc(Cl)c1Cl. The zero-order valence-corrected chi connectivity index (χ0v) is 15.3. The molecule has 5 nitrogen and oxygen atoms in total. The molecule has 2 aromatic carbocycles. The normalized spacial score (nSPS) is 14.7. The Hall–Kier alpha value is -2.15. The Morgan fingerprint density at radius 1 is 1.08 bits per heavy atom. The Labute approximate surface area is 160 Å². The zero-order chi connectivity index (χ0) is 18.1. The Balaban J connectivity index is 1.74. The Kier molecular flexibility index (Phi) is 4.80. The van der Waals surface area contributed by atoms with Gasteiger partial charge in [-0.05, 0) is 30.3 Å². The van der Waals surface area contributed by atoms with E-state index in [1.807, 2.05) is 18.2 Å². The minimum absolute atomic E-state index is 0.114. The maximum absolute atomic E-state index is 14.4. The monoisotopic (exact) mass is 391 g/mol. The molecule has 1 saturated heterocycles. The van der Waals surface area contributed by atoms with Gasteiger partial charge in [-0.3, -0.25) is 0 Å². The van der Waals surface area contributed by atoms with Crippen molar-refractivity contribution in [2.75, 3.05) is 36.4 Å². The number of piperazine rings is 1. The van der Waals surface area contributed by atoms with Gasteiger partial charge >= 0.3 is 0 Å². The molecule has 8 heteroatoms. The fourth-order valence-corrected chi connectivity index (χ4v) is 3.32. The number of benzene rings is 2. The molecule has 1 aliphatic rings. The average Bonchev–Trinajstić information content (AvgIpc) is 2.69. The fraction of sp³-hybridized carbons (Fsp3) is 0.222. The third-order valence-corrected chi connectivity index (χ3v) is 5.17. The van der Waals surface area contributed by atoms with Crippen molar-refractivity contribution in [3.05, 3.63) is 52.5 Å². The highest BCUT2D eigenvalue weighted by atomic mass is 35.5. The first-order valence-electron chi connectivity index (χ1n) is 8.24. The Morgan fingerprint density at radius 3 is 2.69 bits per heavy atom. The predicted octanol–water partition coefficient (Wildman–Crippen LogP) is 4.23. The first-order chi connectivity index (χ1) is 12.6. The summed E-state index contributed by atoms with van der Waals surface area (Å²) in [7, 11) is 0. The number of nitrogens with one attached hydrogen (secondary N) is 2. The topological polar surface area (TPSA) is 53.1 Å². The van der Waals surface area contributed by atoms with Crippen molar-refractivity contribution in [2.24, 2.45) is 0 Å². The number of halogens is 3. The van der Waals surface area contributed by atoms with Gasteiger partial charge < -0.3 is 15.5 Å². The van der Waals surface area contributed by atoms with Gasteiger partial charge in [-0.15, -0.1) is 0 Å². The summed E-state index contributed by atoms with van der Waals surface area (Å²) < 4.78 is 14.4. The summed E-state index contributed by atoms with van der Waals surface area (Å²) >= 11 is 11.8. The number of aromatic nitrogens is 2. The largest absolute Gasteiger partial charge is 0.369 e. The summed E-state index contributed by atoms with van der Waals surface area (Å²) in [6.45, 7) is 3.76. The van der Waals surface area contributed by atoms with E-state index in [0.717, 1.165) is 42.8 Å². The van der Waals surface area contributed by atoms with E-state index in [0.29, 0.717) is 5.82 Å². The minimum Gasteiger partial charge on any atom is -0.369 e. The maximum Gasteiger partial charge on any atom is 0.166 e. The lowest BCUT2D eigenvalue weighted by atomic mass is 10.1. The number of hydrogen-bond donors (Lipinski definition) is 2. The van der Waals surface area contributed by atoms with Crippen molar-refractivity contribution in [3.8, 4) is 0 Å². The smallest absolute Gasteiger partial charge is 0.166 e. The van der Waals surface area contributed by atoms with E-state index >= 15 is 0 Å². The molecular weight excluding hydrogens is 376 g/mol. The molecule has 1 aromatic heterocycles. The molecule has 0 aliphatic carbocycles. The summed E-state index contributed by atoms with van der Waals surface area (Å²) in [4.78, 5) is 10.9. The van der Waals surface area contributed by atoms with Crippen LogP contribution >= 0.6 is 23.2 Å². The number of rotatable bonds is 3. The van der Waals surface area contributed by atoms with Crippen LogP contribution in [0.2, 0.25) is 10.0 Å². The van der Waals surface area contributed by atoms with Gasteiger partial charge in [0.1, 0.15) is 12.1 Å². The van der Waals surface area contributed by atoms with Crippen molar-refractivity contribution < 1.29 is 4.39 Å². The average molecular weight is 392 g/mol. The van der Waals surface area contributed by atoms with Crippen LogP contribution in [0.15, 0.2) is 36.7 Å². The van der Waals surface area contributed by atoms with Crippen LogP contribution in [0, 0.1) is 5.82 Å². The molecule has 26 heavy (non-hydrogen) atoms. The van der Waals surface area contributed by atoms with E-state index < -0.39 is 5.82 Å². The third-order valence-electron chi connectivity index (χ3n) is 4.39. The van der Waals surface area contributed by atoms with E-state index in [9.17, 15) is 4.39 Å². The molecule has 0 saturated carbocycles. The fourth-order valence-electron chi connectivity index (χ4n) is 3.01. The predicted molar refractivity (Wildman–Crippen MR) is 104 cm³/mol. The molecule has 1 fully saturated rings. The molecule has 2 heterocycles. The van der Waals surface area contributed by atoms with Crippen LogP contribution in [0.4, 0.5) is 21.6 Å². The lowest BCUT2D eigenvalue weighted by Gasteiger charge is -2.29. The molecule has 0 unspecified atom stereocenters. The standard InChI is InChI=1S/C18H16Cl2FN5/c19-13-2-4-15(17(21)16(13)20)25-18-12-9-11(26-7-5-22-6-8-26)1-3-14(12)23-10-24-18/h1-4,9-10,22H,5-8H2,(H,23,24,25). The lowest BCUT2D eigenvalue weighted by Crippen LogP contribution is -2.43. The van der Waals surface area contributed by atoms with Gasteiger partial charge in [0.2, 0.25) is 0 Å². The van der Waals surface area contributed by atoms with Gasteiger partial charge in [-0.2, -0.15) is 0 Å². The molecule has 0 bridgehead atoms. The third kappa shape index (κ3) is 3.28. The highest BCUT2D eigenvalue weighted by Crippen LogP contribution is 2.33. The lowest BCUT2D eigenvalue weighted by molar-refractivity contribution is 0.589. The Bertz CT molecular complexity index is 960. The summed E-state index contributed by atoms with van der Waals surface area (Å²) in [6.07, 6.45) is 1.45. The van der Waals surface area contributed by atoms with Crippen LogP contribution in [-0.2, 0) is 0 Å². The molecular formula is C18H16Cl2FN5. The minimum atomic E-state index is -0.607. The van der Waals surface area contributed by atoms with Gasteiger partial charge in [-0.25, -0.2) is 14.4 Å². The van der Waals surface area contributed by atoms with Crippen LogP contribution in [0.5, 0.6) is 0 Å². The molecule has 0 spiro atoms. The molecule has 1 aliphatic heterocycles. The van der Waals surface area contributed by atoms with Crippen molar-refractivity contribution >= 4 is 51.3 Å². The zero-order valence-electron chi connectivity index (χ0n) is 13.8. The van der Waals surface area contributed by atoms with Gasteiger partial charge in [-0.1, -0.05) is 23.2 Å². The summed E-state index contributed by atoms with van der Waals surface area (Å²) in [5.74, 6) is -0.0894. The summed E-state index contributed by atoms with van der Waals surface area (Å²) in [5, 5.41) is 7.22. The highest BCUT2D eigenvalue weighted by Gasteiger charge is 2.15. The molecule has 0 atom stereocenters. The molecule has 4 rings (SSSR count). The van der Waals surface area contributed by atoms with Crippen molar-refractivity contribution in [2.45, 2.75) is 0 Å². The molecule has 2 N–H and O–H groups in total. The number of hydrogen-bond acceptors (Lipinski definition) is 5. The maximum atomic E-state index is 14.4. The van der Waals surface area contributed by atoms with Gasteiger partial charge in [0, 0.05) is 37.3 Å². The summed E-state index contributed by atoms with van der Waals surface area (Å²) in [5.41, 5.74) is 2.08. The van der Waals surface area contributed by atoms with Crippen LogP contribution in [-0.4, -0.2) is 36.1 Å². The van der Waals surface area contributed by atoms with Gasteiger partial charge in [0.05, 0.1) is 21.2 Å². The molecule has 0 radical (unpaired) electrons. The van der Waals surface area contributed by atoms with Crippen molar-refractivity contribution in [1.29, 1.82) is 0 Å². The quantitative estimate of drug-likeness (QED) is 0.654. The Morgan fingerprint density at radius 2 is 1.88 bits per heavy atom. The van der Waals surface area contributed by atoms with E-state index in [-0.39, 0.29) is 15.7 Å². The van der Waals surface area contributed by atoms with Crippen LogP contribution in [0.25, 0.3) is 10.9 Å². The van der Waals surface area contributed by atoms with Crippen LogP contribution < -0.4 is 15.5 Å². The van der Waals surface area contributed by atoms with Gasteiger partial charge in [0.25, 0.3) is 0 Å². The number of fused-ring (bicyclic) bond motifs is 1. The van der Waals surface area contributed by atoms with Crippen molar-refractivity contribution in [3.63, 3.8) is 0 Å². The number of anilines is 3. The van der Waals surface area contributed by atoms with E-state index in [4.69, 9.17) is 23.2 Å². The second-order valence-electron chi connectivity index (χ2n) is 6.01. The van der Waals surface area contributed by atoms with E-state index in [1.165, 1.54) is 12.4 Å². The van der Waals surface area contributed by atoms with E-state index in [1.54, 1.807) is 6.07 Å². The van der Waals surface area contributed by atoms with Crippen LogP contribution in [0.3, 0.4) is 0 Å². The first kappa shape index (κ1) is 17.3. The second-order valence-corrected chi connectivity index (χ2v) is 6.79.